The van der Waals surface area contributed by atoms with Crippen LogP contribution >= 0.6 is 7.44 Å². The third-order valence-corrected chi connectivity index (χ3v) is 7.51. The molecular formula is C20H31N2O3P. The summed E-state index contributed by atoms with van der Waals surface area (Å²) in [7, 11) is 1.19. The number of esters is 1. The number of hydrogen-bond donors (Lipinski definition) is 0. The van der Waals surface area contributed by atoms with E-state index in [1.165, 1.54) is 0 Å². The molecule has 1 fully saturated rings. The molecule has 144 valence electrons. The van der Waals surface area contributed by atoms with Gasteiger partial charge in [0.15, 0.2) is 0 Å². The first-order valence-electron chi connectivity index (χ1n) is 9.09. The molecule has 0 N–H and O–H groups in total. The van der Waals surface area contributed by atoms with Crippen molar-refractivity contribution < 1.29 is 14.1 Å². The maximum Gasteiger partial charge on any atom is 0.306 e. The quantitative estimate of drug-likeness (QED) is 0.540. The number of nitrogens with zero attached hydrogens (tertiary/aromatic N) is 2. The second-order valence-corrected chi connectivity index (χ2v) is 10.7. The third kappa shape index (κ3) is 5.54. The minimum Gasteiger partial charge on any atom is -0.460 e. The number of ether oxygens (including phenoxy) is 1. The van der Waals surface area contributed by atoms with Gasteiger partial charge in [-0.1, -0.05) is 36.4 Å². The first-order chi connectivity index (χ1) is 12.1. The summed E-state index contributed by atoms with van der Waals surface area (Å²) in [6.45, 7) is 7.23. The molecule has 5 nitrogen and oxygen atoms in total. The summed E-state index contributed by atoms with van der Waals surface area (Å²) in [5.41, 5.74) is 0.600. The predicted octanol–water partition coefficient (Wildman–Crippen LogP) is 4.48. The SMILES string of the molecule is CN1CCN(C)P1(=O)/C=C/CC(CC(=O)OC(C)(C)C)c1ccccc1. The minimum atomic E-state index is -2.60. The molecule has 1 heterocycles. The van der Waals surface area contributed by atoms with E-state index in [2.05, 4.69) is 0 Å². The second-order valence-electron chi connectivity index (χ2n) is 7.87. The van der Waals surface area contributed by atoms with E-state index in [-0.39, 0.29) is 11.9 Å². The lowest BCUT2D eigenvalue weighted by atomic mass is 9.92. The van der Waals surface area contributed by atoms with E-state index in [0.717, 1.165) is 18.7 Å². The summed E-state index contributed by atoms with van der Waals surface area (Å²) in [5, 5.41) is 0. The summed E-state index contributed by atoms with van der Waals surface area (Å²) < 4.78 is 22.4. The van der Waals surface area contributed by atoms with Crippen LogP contribution in [-0.2, 0) is 14.1 Å². The number of allylic oxidation sites excluding steroid dienone is 1. The van der Waals surface area contributed by atoms with Crippen molar-refractivity contribution in [2.24, 2.45) is 0 Å². The minimum absolute atomic E-state index is 0.00659. The molecule has 6 heteroatoms. The van der Waals surface area contributed by atoms with Gasteiger partial charge in [-0.05, 0) is 52.8 Å². The number of hydrogen-bond acceptors (Lipinski definition) is 3. The van der Waals surface area contributed by atoms with Gasteiger partial charge in [0.1, 0.15) is 5.60 Å². The Bertz CT molecular complexity index is 668. The average molecular weight is 378 g/mol. The van der Waals surface area contributed by atoms with Crippen molar-refractivity contribution in [3.05, 3.63) is 47.8 Å². The molecule has 0 amide bonds. The van der Waals surface area contributed by atoms with Crippen LogP contribution in [0.15, 0.2) is 42.2 Å². The molecule has 0 aliphatic carbocycles. The molecular weight excluding hydrogens is 347 g/mol. The number of likely N-dealkylation sites (N-methyl/N-ethyl adjacent to an activating group) is 2. The van der Waals surface area contributed by atoms with Gasteiger partial charge in [-0.15, -0.1) is 0 Å². The molecule has 0 spiro atoms. The van der Waals surface area contributed by atoms with Gasteiger partial charge in [0.25, 0.3) is 0 Å². The van der Waals surface area contributed by atoms with Crippen LogP contribution in [0.3, 0.4) is 0 Å². The van der Waals surface area contributed by atoms with Crippen molar-refractivity contribution in [2.75, 3.05) is 27.2 Å². The predicted molar refractivity (Wildman–Crippen MR) is 106 cm³/mol. The van der Waals surface area contributed by atoms with Crippen molar-refractivity contribution >= 4 is 13.4 Å². The van der Waals surface area contributed by atoms with Crippen LogP contribution in [0.25, 0.3) is 0 Å². The fourth-order valence-electron chi connectivity index (χ4n) is 3.07. The highest BCUT2D eigenvalue weighted by Crippen LogP contribution is 2.56. The molecule has 0 bridgehead atoms. The van der Waals surface area contributed by atoms with Gasteiger partial charge in [0.2, 0.25) is 7.44 Å². The highest BCUT2D eigenvalue weighted by Gasteiger charge is 2.35. The van der Waals surface area contributed by atoms with Crippen LogP contribution in [0.5, 0.6) is 0 Å². The number of rotatable bonds is 6. The Balaban J connectivity index is 2.11. The van der Waals surface area contributed by atoms with Crippen LogP contribution in [-0.4, -0.2) is 48.1 Å². The molecule has 0 aromatic heterocycles. The molecule has 1 atom stereocenters. The van der Waals surface area contributed by atoms with Crippen LogP contribution < -0.4 is 0 Å². The lowest BCUT2D eigenvalue weighted by molar-refractivity contribution is -0.155. The van der Waals surface area contributed by atoms with Gasteiger partial charge in [-0.25, -0.2) is 9.34 Å². The number of carbonyl (C=O) groups excluding carboxylic acids is 1. The van der Waals surface area contributed by atoms with Crippen LogP contribution in [0.2, 0.25) is 0 Å². The summed E-state index contributed by atoms with van der Waals surface area (Å²) in [5.74, 6) is 1.62. The van der Waals surface area contributed by atoms with Crippen molar-refractivity contribution in [2.45, 2.75) is 45.1 Å². The Morgan fingerprint density at radius 3 is 2.31 bits per heavy atom. The summed E-state index contributed by atoms with van der Waals surface area (Å²) in [6, 6.07) is 9.96. The van der Waals surface area contributed by atoms with Crippen molar-refractivity contribution in [3.63, 3.8) is 0 Å². The normalized spacial score (nSPS) is 19.7. The Labute approximate surface area is 157 Å². The maximum atomic E-state index is 13.1. The zero-order valence-corrected chi connectivity index (χ0v) is 17.4. The van der Waals surface area contributed by atoms with E-state index in [4.69, 9.17) is 4.74 Å². The van der Waals surface area contributed by atoms with Gasteiger partial charge >= 0.3 is 5.97 Å². The van der Waals surface area contributed by atoms with Gasteiger partial charge in [-0.2, -0.15) is 0 Å². The maximum absolute atomic E-state index is 13.1. The zero-order valence-electron chi connectivity index (χ0n) is 16.5. The van der Waals surface area contributed by atoms with Crippen LogP contribution in [0.4, 0.5) is 0 Å². The van der Waals surface area contributed by atoms with Gasteiger partial charge < -0.3 is 4.74 Å². The Kier molecular flexibility index (Phi) is 6.84. The van der Waals surface area contributed by atoms with Crippen LogP contribution in [0, 0.1) is 0 Å². The van der Waals surface area contributed by atoms with E-state index in [0.29, 0.717) is 12.8 Å². The molecule has 1 unspecified atom stereocenters. The van der Waals surface area contributed by atoms with E-state index in [1.807, 2.05) is 86.4 Å². The van der Waals surface area contributed by atoms with Gasteiger partial charge in [0.05, 0.1) is 6.42 Å². The molecule has 1 aromatic rings. The monoisotopic (exact) mass is 378 g/mol. The summed E-state index contributed by atoms with van der Waals surface area (Å²) in [6.07, 6.45) is 2.91. The average Bonchev–Trinajstić information content (AvgIpc) is 2.81. The zero-order chi connectivity index (χ0) is 19.4. The smallest absolute Gasteiger partial charge is 0.306 e. The lowest BCUT2D eigenvalue weighted by Gasteiger charge is -2.23. The summed E-state index contributed by atoms with van der Waals surface area (Å²) in [4.78, 5) is 12.3. The molecule has 0 saturated carbocycles. The lowest BCUT2D eigenvalue weighted by Crippen LogP contribution is -2.24. The largest absolute Gasteiger partial charge is 0.460 e. The molecule has 0 radical (unpaired) electrons. The first kappa shape index (κ1) is 20.9. The third-order valence-electron chi connectivity index (χ3n) is 4.55. The van der Waals surface area contributed by atoms with Gasteiger partial charge in [-0.3, -0.25) is 9.36 Å². The fraction of sp³-hybridized carbons (Fsp3) is 0.550. The van der Waals surface area contributed by atoms with E-state index in [9.17, 15) is 9.36 Å². The standard InChI is InChI=1S/C20H31N2O3P/c1-20(2,3)25-19(23)16-18(17-10-7-6-8-11-17)12-9-15-26(24)21(4)13-14-22(26)5/h6-11,15,18H,12-14,16H2,1-5H3/b15-9+. The Morgan fingerprint density at radius 2 is 1.77 bits per heavy atom. The molecule has 26 heavy (non-hydrogen) atoms. The van der Waals surface area contributed by atoms with Crippen molar-refractivity contribution in [3.8, 4) is 0 Å². The first-order valence-corrected chi connectivity index (χ1v) is 10.8. The number of carbonyl (C=O) groups is 1. The molecule has 1 saturated heterocycles. The Morgan fingerprint density at radius 1 is 1.19 bits per heavy atom. The van der Waals surface area contributed by atoms with E-state index >= 15 is 0 Å². The van der Waals surface area contributed by atoms with Crippen molar-refractivity contribution in [1.29, 1.82) is 0 Å². The van der Waals surface area contributed by atoms with Crippen LogP contribution in [0.1, 0.15) is 45.1 Å². The van der Waals surface area contributed by atoms with Gasteiger partial charge in [0, 0.05) is 18.9 Å². The Hall–Kier alpha value is -1.42. The van der Waals surface area contributed by atoms with Crippen molar-refractivity contribution in [1.82, 2.24) is 9.34 Å². The fourth-order valence-corrected chi connectivity index (χ4v) is 5.20. The number of benzene rings is 1. The molecule has 2 rings (SSSR count). The van der Waals surface area contributed by atoms with E-state index < -0.39 is 13.0 Å². The molecule has 1 aliphatic rings. The summed E-state index contributed by atoms with van der Waals surface area (Å²) >= 11 is 0. The highest BCUT2D eigenvalue weighted by atomic mass is 31.2. The second kappa shape index (κ2) is 8.51. The molecule has 1 aromatic carbocycles. The topological polar surface area (TPSA) is 49.9 Å². The molecule has 1 aliphatic heterocycles. The van der Waals surface area contributed by atoms with E-state index in [1.54, 1.807) is 0 Å². The highest BCUT2D eigenvalue weighted by molar-refractivity contribution is 7.62.